The Morgan fingerprint density at radius 2 is 1.38 bits per heavy atom. The number of amides is 2. The van der Waals surface area contributed by atoms with Gasteiger partial charge in [-0.15, -0.1) is 0 Å². The maximum absolute atomic E-state index is 12.1. The van der Waals surface area contributed by atoms with Crippen LogP contribution in [0.5, 0.6) is 0 Å². The fourth-order valence-corrected chi connectivity index (χ4v) is 3.10. The molecule has 144 valence electrons. The van der Waals surface area contributed by atoms with Gasteiger partial charge in [-0.3, -0.25) is 14.5 Å². The molecule has 0 radical (unpaired) electrons. The summed E-state index contributed by atoms with van der Waals surface area (Å²) >= 11 is 9.77. The average molecular weight is 578 g/mol. The van der Waals surface area contributed by atoms with Gasteiger partial charge in [0, 0.05) is 21.3 Å². The first kappa shape index (κ1) is 21.4. The molecule has 4 rings (SSSR count). The highest BCUT2D eigenvalue weighted by Crippen LogP contribution is 2.21. The van der Waals surface area contributed by atoms with Crippen molar-refractivity contribution in [1.29, 1.82) is 0 Å². The molecule has 0 saturated carbocycles. The molecule has 3 aromatic rings. The van der Waals surface area contributed by atoms with Crippen LogP contribution in [0.2, 0.25) is 0 Å². The van der Waals surface area contributed by atoms with Crippen LogP contribution in [0.1, 0.15) is 26.4 Å². The minimum Gasteiger partial charge on any atom is -0.269 e. The highest BCUT2D eigenvalue weighted by Gasteiger charge is 2.34. The Kier molecular flexibility index (Phi) is 7.31. The molecule has 1 aliphatic heterocycles. The number of halogens is 3. The monoisotopic (exact) mass is 575 g/mol. The number of hydrogen-bond donors (Lipinski definition) is 0. The molecule has 0 unspecified atom stereocenters. The number of hydrogen-bond acceptors (Lipinski definition) is 4. The first-order valence-electron chi connectivity index (χ1n) is 8.28. The number of fused-ring (bicyclic) bond motifs is 1. The van der Waals surface area contributed by atoms with Gasteiger partial charge in [-0.2, -0.15) is 0 Å². The van der Waals surface area contributed by atoms with Crippen LogP contribution in [0.4, 0.5) is 0 Å². The molecule has 8 heteroatoms. The zero-order valence-corrected chi connectivity index (χ0v) is 19.5. The Morgan fingerprint density at radius 1 is 0.793 bits per heavy atom. The lowest BCUT2D eigenvalue weighted by Gasteiger charge is -2.08. The molecule has 0 bridgehead atoms. The minimum atomic E-state index is -0.298. The molecule has 3 heterocycles. The molecule has 1 aliphatic rings. The number of pyridine rings is 2. The third-order valence-corrected chi connectivity index (χ3v) is 5.16. The Balaban J connectivity index is 0.000000252. The molecule has 2 aromatic heterocycles. The second-order valence-electron chi connectivity index (χ2n) is 5.70. The Labute approximate surface area is 192 Å². The van der Waals surface area contributed by atoms with E-state index in [1.807, 2.05) is 18.2 Å². The van der Waals surface area contributed by atoms with Crippen LogP contribution in [0.25, 0.3) is 0 Å². The van der Waals surface area contributed by atoms with E-state index < -0.39 is 0 Å². The van der Waals surface area contributed by atoms with Gasteiger partial charge in [0.25, 0.3) is 11.8 Å². The Morgan fingerprint density at radius 3 is 1.86 bits per heavy atom. The van der Waals surface area contributed by atoms with Crippen molar-refractivity contribution in [3.63, 3.8) is 0 Å². The zero-order valence-electron chi connectivity index (χ0n) is 14.8. The molecule has 1 aromatic carbocycles. The summed E-state index contributed by atoms with van der Waals surface area (Å²) in [5, 5.41) is 0. The van der Waals surface area contributed by atoms with Crippen LogP contribution in [-0.2, 0) is 0 Å². The fraction of sp³-hybridized carbons (Fsp3) is 0.0476. The molecule has 0 fully saturated rings. The molecule has 2 amide bonds. The van der Waals surface area contributed by atoms with E-state index in [1.54, 1.807) is 42.7 Å². The van der Waals surface area contributed by atoms with Crippen molar-refractivity contribution in [3.05, 3.63) is 91.3 Å². The number of nitrogens with zero attached hydrogens (tertiary/aromatic N) is 3. The van der Waals surface area contributed by atoms with Crippen molar-refractivity contribution < 1.29 is 9.59 Å². The average Bonchev–Trinajstić information content (AvgIpc) is 2.97. The molecule has 0 atom stereocenters. The lowest BCUT2D eigenvalue weighted by Crippen LogP contribution is -2.30. The summed E-state index contributed by atoms with van der Waals surface area (Å²) < 4.78 is 2.73. The van der Waals surface area contributed by atoms with Gasteiger partial charge in [-0.05, 0) is 90.1 Å². The van der Waals surface area contributed by atoms with E-state index in [2.05, 4.69) is 69.6 Å². The molecular formula is C21H12Br3N3O2. The van der Waals surface area contributed by atoms with Crippen molar-refractivity contribution in [2.24, 2.45) is 0 Å². The Bertz CT molecular complexity index is 1050. The maximum Gasteiger partial charge on any atom is 0.262 e. The highest BCUT2D eigenvalue weighted by atomic mass is 79.9. The molecule has 5 nitrogen and oxygen atoms in total. The maximum atomic E-state index is 12.1. The van der Waals surface area contributed by atoms with Gasteiger partial charge < -0.3 is 0 Å². The summed E-state index contributed by atoms with van der Waals surface area (Å²) in [6, 6.07) is 14.2. The zero-order chi connectivity index (χ0) is 20.8. The van der Waals surface area contributed by atoms with Crippen molar-refractivity contribution in [1.82, 2.24) is 14.9 Å². The van der Waals surface area contributed by atoms with E-state index in [0.717, 1.165) is 18.4 Å². The van der Waals surface area contributed by atoms with Crippen molar-refractivity contribution >= 4 is 59.6 Å². The highest BCUT2D eigenvalue weighted by molar-refractivity contribution is 9.11. The van der Waals surface area contributed by atoms with Crippen LogP contribution in [-0.4, -0.2) is 33.2 Å². The van der Waals surface area contributed by atoms with Gasteiger partial charge >= 0.3 is 0 Å². The van der Waals surface area contributed by atoms with E-state index in [1.165, 1.54) is 0 Å². The lowest BCUT2D eigenvalue weighted by molar-refractivity contribution is 0.0675. The number of benzene rings is 1. The normalized spacial score (nSPS) is 11.9. The number of aromatic nitrogens is 2. The summed E-state index contributed by atoms with van der Waals surface area (Å²) in [5.41, 5.74) is 1.46. The number of carbonyl (C=O) groups is 2. The standard InChI is InChI=1S/C16H9BrN2O2.C5H3Br2N/c17-11-7-8-12(18-10-11)4-3-9-19-15(20)13-5-1-2-6-14(13)16(19)21;6-4-1-2-5(7)8-3-4/h1-2,5-8,10H,9H2;1-3H. The fourth-order valence-electron chi connectivity index (χ4n) is 2.40. The predicted molar refractivity (Wildman–Crippen MR) is 120 cm³/mol. The largest absolute Gasteiger partial charge is 0.269 e. The summed E-state index contributed by atoms with van der Waals surface area (Å²) in [7, 11) is 0. The van der Waals surface area contributed by atoms with Crippen molar-refractivity contribution in [2.75, 3.05) is 6.54 Å². The smallest absolute Gasteiger partial charge is 0.262 e. The third-order valence-electron chi connectivity index (χ3n) is 3.75. The SMILES string of the molecule is Brc1ccc(Br)nc1.O=C1c2ccccc2C(=O)N1CC#Cc1ccc(Br)cn1. The molecule has 29 heavy (non-hydrogen) atoms. The van der Waals surface area contributed by atoms with E-state index in [4.69, 9.17) is 0 Å². The van der Waals surface area contributed by atoms with Gasteiger partial charge in [-0.1, -0.05) is 18.1 Å². The minimum absolute atomic E-state index is 0.0596. The quantitative estimate of drug-likeness (QED) is 0.229. The van der Waals surface area contributed by atoms with Crippen LogP contribution < -0.4 is 0 Å². The van der Waals surface area contributed by atoms with Crippen LogP contribution in [0.15, 0.2) is 74.5 Å². The van der Waals surface area contributed by atoms with Gasteiger partial charge in [0.15, 0.2) is 0 Å². The molecule has 0 saturated heterocycles. The van der Waals surface area contributed by atoms with Crippen LogP contribution in [0.3, 0.4) is 0 Å². The Hall–Kier alpha value is -2.34. The van der Waals surface area contributed by atoms with Crippen molar-refractivity contribution in [2.45, 2.75) is 0 Å². The van der Waals surface area contributed by atoms with E-state index >= 15 is 0 Å². The van der Waals surface area contributed by atoms with E-state index in [-0.39, 0.29) is 18.4 Å². The van der Waals surface area contributed by atoms with Gasteiger partial charge in [0.1, 0.15) is 10.3 Å². The summed E-state index contributed by atoms with van der Waals surface area (Å²) in [6.45, 7) is 0.0596. The first-order valence-corrected chi connectivity index (χ1v) is 10.7. The summed E-state index contributed by atoms with van der Waals surface area (Å²) in [5.74, 6) is 5.06. The molecule has 0 spiro atoms. The van der Waals surface area contributed by atoms with Gasteiger partial charge in [0.05, 0.1) is 17.7 Å². The van der Waals surface area contributed by atoms with E-state index in [0.29, 0.717) is 16.8 Å². The van der Waals surface area contributed by atoms with Gasteiger partial charge in [-0.25, -0.2) is 9.97 Å². The number of imide groups is 1. The summed E-state index contributed by atoms with van der Waals surface area (Å²) in [6.07, 6.45) is 3.39. The van der Waals surface area contributed by atoms with Crippen molar-refractivity contribution in [3.8, 4) is 11.8 Å². The number of rotatable bonds is 1. The van der Waals surface area contributed by atoms with Crippen LogP contribution >= 0.6 is 47.8 Å². The first-order chi connectivity index (χ1) is 14.0. The molecule has 0 aliphatic carbocycles. The topological polar surface area (TPSA) is 63.2 Å². The second-order valence-corrected chi connectivity index (χ2v) is 8.35. The van der Waals surface area contributed by atoms with Gasteiger partial charge in [0.2, 0.25) is 0 Å². The summed E-state index contributed by atoms with van der Waals surface area (Å²) in [4.78, 5) is 33.4. The molecule has 0 N–H and O–H groups in total. The van der Waals surface area contributed by atoms with E-state index in [9.17, 15) is 9.59 Å². The van der Waals surface area contributed by atoms with Crippen LogP contribution in [0, 0.1) is 11.8 Å². The number of carbonyl (C=O) groups excluding carboxylic acids is 2. The second kappa shape index (κ2) is 9.92. The molecular weight excluding hydrogens is 566 g/mol. The third kappa shape index (κ3) is 5.60. The lowest BCUT2D eigenvalue weighted by atomic mass is 10.1. The predicted octanol–water partition coefficient (Wildman–Crippen LogP) is 5.10.